The number of nitrogens with zero attached hydrogens (tertiary/aromatic N) is 3. The zero-order valence-electron chi connectivity index (χ0n) is 16.5. The van der Waals surface area contributed by atoms with Crippen LogP contribution >= 0.6 is 0 Å². The van der Waals surface area contributed by atoms with Crippen molar-refractivity contribution in [1.82, 2.24) is 20.0 Å². The fraction of sp³-hybridized carbons (Fsp3) is 0.409. The number of aromatic nitrogens is 3. The molecule has 1 N–H and O–H groups in total. The standard InChI is InChI=1S/C22H24N4O3/c1-22(6-7-22)17-4-2-16(3-5-17)21-24-19(25-29-21)18-12-15(13-23-20(18)27)14-26-8-10-28-11-9-26/h2-5,12-13H,6-11,14H2,1H3,(H,23,27). The van der Waals surface area contributed by atoms with Crippen molar-refractivity contribution in [2.24, 2.45) is 0 Å². The molecule has 29 heavy (non-hydrogen) atoms. The van der Waals surface area contributed by atoms with Crippen LogP contribution in [-0.4, -0.2) is 46.3 Å². The van der Waals surface area contributed by atoms with Gasteiger partial charge in [-0.15, -0.1) is 0 Å². The van der Waals surface area contributed by atoms with Crippen molar-refractivity contribution >= 4 is 0 Å². The minimum Gasteiger partial charge on any atom is -0.379 e. The lowest BCUT2D eigenvalue weighted by atomic mass is 9.97. The fourth-order valence-corrected chi connectivity index (χ4v) is 3.74. The van der Waals surface area contributed by atoms with Crippen molar-refractivity contribution in [2.75, 3.05) is 26.3 Å². The highest BCUT2D eigenvalue weighted by atomic mass is 16.5. The normalized spacial score (nSPS) is 18.7. The predicted molar refractivity (Wildman–Crippen MR) is 108 cm³/mol. The third kappa shape index (κ3) is 3.75. The van der Waals surface area contributed by atoms with Crippen LogP contribution in [0.3, 0.4) is 0 Å². The molecule has 2 fully saturated rings. The summed E-state index contributed by atoms with van der Waals surface area (Å²) in [5, 5.41) is 4.06. The summed E-state index contributed by atoms with van der Waals surface area (Å²) in [4.78, 5) is 21.9. The number of pyridine rings is 1. The van der Waals surface area contributed by atoms with E-state index >= 15 is 0 Å². The monoisotopic (exact) mass is 392 g/mol. The first-order valence-corrected chi connectivity index (χ1v) is 10.1. The second-order valence-corrected chi connectivity index (χ2v) is 8.20. The molecule has 1 aliphatic heterocycles. The Hall–Kier alpha value is -2.77. The molecule has 3 aromatic rings. The number of hydrogen-bond acceptors (Lipinski definition) is 6. The van der Waals surface area contributed by atoms with Gasteiger partial charge in [0, 0.05) is 31.4 Å². The highest BCUT2D eigenvalue weighted by Crippen LogP contribution is 2.47. The molecule has 1 saturated heterocycles. The fourth-order valence-electron chi connectivity index (χ4n) is 3.74. The molecule has 1 aliphatic carbocycles. The van der Waals surface area contributed by atoms with Crippen LogP contribution in [-0.2, 0) is 16.7 Å². The zero-order valence-corrected chi connectivity index (χ0v) is 16.5. The molecule has 150 valence electrons. The Kier molecular flexibility index (Phi) is 4.56. The molecule has 0 unspecified atom stereocenters. The first-order valence-electron chi connectivity index (χ1n) is 10.1. The van der Waals surface area contributed by atoms with Gasteiger partial charge in [-0.25, -0.2) is 0 Å². The van der Waals surface area contributed by atoms with Crippen LogP contribution in [0, 0.1) is 0 Å². The van der Waals surface area contributed by atoms with Crippen LogP contribution in [0.2, 0.25) is 0 Å². The van der Waals surface area contributed by atoms with Gasteiger partial charge < -0.3 is 14.2 Å². The van der Waals surface area contributed by atoms with Gasteiger partial charge in [0.05, 0.1) is 18.8 Å². The Morgan fingerprint density at radius 3 is 2.66 bits per heavy atom. The van der Waals surface area contributed by atoms with E-state index in [-0.39, 0.29) is 5.56 Å². The van der Waals surface area contributed by atoms with Crippen LogP contribution in [0.1, 0.15) is 30.9 Å². The predicted octanol–water partition coefficient (Wildman–Crippen LogP) is 2.98. The summed E-state index contributed by atoms with van der Waals surface area (Å²) >= 11 is 0. The van der Waals surface area contributed by atoms with Crippen molar-refractivity contribution in [3.05, 3.63) is 58.0 Å². The summed E-state index contributed by atoms with van der Waals surface area (Å²) in [6.45, 7) is 6.28. The van der Waals surface area contributed by atoms with Crippen LogP contribution in [0.5, 0.6) is 0 Å². The first kappa shape index (κ1) is 18.3. The SMILES string of the molecule is CC1(c2ccc(-c3nc(-c4cc(CN5CCOCC5)c[nH]c4=O)no3)cc2)CC1. The lowest BCUT2D eigenvalue weighted by molar-refractivity contribution is 0.0341. The average molecular weight is 392 g/mol. The quantitative estimate of drug-likeness (QED) is 0.719. The minimum absolute atomic E-state index is 0.222. The second-order valence-electron chi connectivity index (χ2n) is 8.20. The average Bonchev–Trinajstić information content (AvgIpc) is 3.32. The molecule has 0 radical (unpaired) electrons. The van der Waals surface area contributed by atoms with Gasteiger partial charge >= 0.3 is 0 Å². The van der Waals surface area contributed by atoms with Crippen molar-refractivity contribution in [3.8, 4) is 22.8 Å². The third-order valence-electron chi connectivity index (χ3n) is 5.97. The van der Waals surface area contributed by atoms with Gasteiger partial charge in [-0.2, -0.15) is 4.98 Å². The van der Waals surface area contributed by atoms with Crippen LogP contribution in [0.25, 0.3) is 22.8 Å². The molecule has 0 amide bonds. The highest BCUT2D eigenvalue weighted by molar-refractivity contribution is 5.60. The summed E-state index contributed by atoms with van der Waals surface area (Å²) in [7, 11) is 0. The number of benzene rings is 1. The van der Waals surface area contributed by atoms with Crippen LogP contribution < -0.4 is 5.56 Å². The van der Waals surface area contributed by atoms with Gasteiger partial charge in [0.2, 0.25) is 5.82 Å². The molecule has 7 heteroatoms. The van der Waals surface area contributed by atoms with E-state index in [9.17, 15) is 4.79 Å². The summed E-state index contributed by atoms with van der Waals surface area (Å²) in [5.41, 5.74) is 3.74. The maximum absolute atomic E-state index is 12.4. The van der Waals surface area contributed by atoms with Crippen molar-refractivity contribution in [1.29, 1.82) is 0 Å². The topological polar surface area (TPSA) is 84.3 Å². The molecular formula is C22H24N4O3. The highest BCUT2D eigenvalue weighted by Gasteiger charge is 2.38. The maximum atomic E-state index is 12.4. The number of rotatable bonds is 5. The number of nitrogens with one attached hydrogen (secondary N) is 1. The molecule has 0 spiro atoms. The molecular weight excluding hydrogens is 368 g/mol. The molecule has 5 rings (SSSR count). The zero-order chi connectivity index (χ0) is 19.8. The van der Waals surface area contributed by atoms with E-state index in [1.165, 1.54) is 18.4 Å². The van der Waals surface area contributed by atoms with Gasteiger partial charge in [-0.3, -0.25) is 9.69 Å². The van der Waals surface area contributed by atoms with E-state index in [0.29, 0.717) is 22.7 Å². The molecule has 0 atom stereocenters. The lowest BCUT2D eigenvalue weighted by Gasteiger charge is -2.26. The Balaban J connectivity index is 1.38. The van der Waals surface area contributed by atoms with Gasteiger partial charge in [0.25, 0.3) is 11.4 Å². The Labute approximate surface area is 168 Å². The van der Waals surface area contributed by atoms with Gasteiger partial charge in [-0.1, -0.05) is 24.2 Å². The third-order valence-corrected chi connectivity index (χ3v) is 5.97. The number of morpholine rings is 1. The van der Waals surface area contributed by atoms with E-state index in [0.717, 1.165) is 44.0 Å². The summed E-state index contributed by atoms with van der Waals surface area (Å²) in [6.07, 6.45) is 4.22. The smallest absolute Gasteiger partial charge is 0.259 e. The molecule has 1 aromatic carbocycles. The molecule has 2 aromatic heterocycles. The van der Waals surface area contributed by atoms with Crippen LogP contribution in [0.4, 0.5) is 0 Å². The van der Waals surface area contributed by atoms with Gasteiger partial charge in [0.1, 0.15) is 0 Å². The van der Waals surface area contributed by atoms with E-state index < -0.39 is 0 Å². The van der Waals surface area contributed by atoms with Gasteiger partial charge in [-0.05, 0) is 47.6 Å². The second kappa shape index (κ2) is 7.24. The van der Waals surface area contributed by atoms with E-state index in [1.54, 1.807) is 6.20 Å². The Morgan fingerprint density at radius 2 is 1.93 bits per heavy atom. The lowest BCUT2D eigenvalue weighted by Crippen LogP contribution is -2.35. The number of aromatic amines is 1. The molecule has 3 heterocycles. The van der Waals surface area contributed by atoms with Crippen molar-refractivity contribution < 1.29 is 9.26 Å². The molecule has 0 bridgehead atoms. The Morgan fingerprint density at radius 1 is 1.17 bits per heavy atom. The molecule has 2 aliphatic rings. The summed E-state index contributed by atoms with van der Waals surface area (Å²) < 4.78 is 10.8. The molecule has 1 saturated carbocycles. The van der Waals surface area contributed by atoms with Crippen molar-refractivity contribution in [3.63, 3.8) is 0 Å². The van der Waals surface area contributed by atoms with E-state index in [4.69, 9.17) is 9.26 Å². The Bertz CT molecular complexity index is 1060. The number of ether oxygens (including phenoxy) is 1. The largest absolute Gasteiger partial charge is 0.379 e. The van der Waals surface area contributed by atoms with E-state index in [2.05, 4.69) is 39.1 Å². The number of H-pyrrole nitrogens is 1. The van der Waals surface area contributed by atoms with Crippen molar-refractivity contribution in [2.45, 2.75) is 31.7 Å². The summed E-state index contributed by atoms with van der Waals surface area (Å²) in [5.74, 6) is 0.730. The van der Waals surface area contributed by atoms with Gasteiger partial charge in [0.15, 0.2) is 0 Å². The first-order chi connectivity index (χ1) is 14.1. The summed E-state index contributed by atoms with van der Waals surface area (Å²) in [6, 6.07) is 10.1. The number of hydrogen-bond donors (Lipinski definition) is 1. The maximum Gasteiger partial charge on any atom is 0.259 e. The van der Waals surface area contributed by atoms with E-state index in [1.807, 2.05) is 18.2 Å². The molecule has 7 nitrogen and oxygen atoms in total. The van der Waals surface area contributed by atoms with Crippen LogP contribution in [0.15, 0.2) is 45.8 Å². The minimum atomic E-state index is -0.222.